The maximum atomic E-state index is 10.9. The Kier molecular flexibility index (Phi) is 3.99. The zero-order chi connectivity index (χ0) is 13.0. The van der Waals surface area contributed by atoms with Gasteiger partial charge in [0.2, 0.25) is 5.91 Å². The number of halogens is 1. The third-order valence-corrected chi connectivity index (χ3v) is 2.96. The summed E-state index contributed by atoms with van der Waals surface area (Å²) in [6.45, 7) is 2.56. The van der Waals surface area contributed by atoms with E-state index in [1.165, 1.54) is 6.92 Å². The van der Waals surface area contributed by atoms with E-state index in [-0.39, 0.29) is 5.91 Å². The van der Waals surface area contributed by atoms with Gasteiger partial charge in [-0.25, -0.2) is 4.98 Å². The van der Waals surface area contributed by atoms with Gasteiger partial charge in [-0.05, 0) is 11.6 Å². The van der Waals surface area contributed by atoms with Crippen LogP contribution in [0.25, 0.3) is 0 Å². The smallest absolute Gasteiger partial charge is 0.217 e. The Morgan fingerprint density at radius 2 is 2.22 bits per heavy atom. The normalized spacial score (nSPS) is 10.3. The van der Waals surface area contributed by atoms with Crippen LogP contribution in [0.15, 0.2) is 36.7 Å². The standard InChI is InChI=1S/C13H14ClN3O/c1-10(18)16-8-13-15-6-7-17(13)9-11-4-2-3-5-12(11)14/h2-7H,8-9H2,1H3,(H,16,18). The van der Waals surface area contributed by atoms with Crippen LogP contribution in [-0.4, -0.2) is 15.5 Å². The Morgan fingerprint density at radius 1 is 1.44 bits per heavy atom. The molecule has 0 fully saturated rings. The molecular weight excluding hydrogens is 250 g/mol. The van der Waals surface area contributed by atoms with Gasteiger partial charge in [-0.15, -0.1) is 0 Å². The molecule has 2 rings (SSSR count). The molecule has 0 aliphatic heterocycles. The van der Waals surface area contributed by atoms with Crippen LogP contribution in [0.3, 0.4) is 0 Å². The molecule has 0 radical (unpaired) electrons. The van der Waals surface area contributed by atoms with Crippen molar-refractivity contribution in [2.45, 2.75) is 20.0 Å². The fourth-order valence-electron chi connectivity index (χ4n) is 1.66. The monoisotopic (exact) mass is 263 g/mol. The van der Waals surface area contributed by atoms with Gasteiger partial charge in [0.25, 0.3) is 0 Å². The fraction of sp³-hybridized carbons (Fsp3) is 0.231. The first-order chi connectivity index (χ1) is 8.66. The summed E-state index contributed by atoms with van der Waals surface area (Å²) < 4.78 is 1.97. The minimum absolute atomic E-state index is 0.0673. The van der Waals surface area contributed by atoms with Crippen molar-refractivity contribution in [3.8, 4) is 0 Å². The zero-order valence-corrected chi connectivity index (χ0v) is 10.8. The summed E-state index contributed by atoms with van der Waals surface area (Å²) in [6, 6.07) is 7.69. The van der Waals surface area contributed by atoms with Gasteiger partial charge in [0.05, 0.1) is 13.1 Å². The molecule has 0 aliphatic carbocycles. The third-order valence-electron chi connectivity index (χ3n) is 2.60. The number of carbonyl (C=O) groups is 1. The summed E-state index contributed by atoms with van der Waals surface area (Å²) in [5, 5.41) is 3.47. The summed E-state index contributed by atoms with van der Waals surface area (Å²) >= 11 is 6.12. The molecule has 2 aromatic rings. The van der Waals surface area contributed by atoms with Gasteiger partial charge in [-0.3, -0.25) is 4.79 Å². The molecule has 0 atom stereocenters. The Morgan fingerprint density at radius 3 is 2.94 bits per heavy atom. The van der Waals surface area contributed by atoms with Gasteiger partial charge >= 0.3 is 0 Å². The number of benzene rings is 1. The molecule has 94 valence electrons. The number of amides is 1. The van der Waals surface area contributed by atoms with E-state index in [1.54, 1.807) is 6.20 Å². The van der Waals surface area contributed by atoms with E-state index in [1.807, 2.05) is 35.0 Å². The Balaban J connectivity index is 2.12. The molecule has 1 N–H and O–H groups in total. The lowest BCUT2D eigenvalue weighted by atomic mass is 10.2. The second kappa shape index (κ2) is 5.69. The van der Waals surface area contributed by atoms with Crippen LogP contribution in [-0.2, 0) is 17.9 Å². The SMILES string of the molecule is CC(=O)NCc1nccn1Cc1ccccc1Cl. The van der Waals surface area contributed by atoms with Gasteiger partial charge in [-0.1, -0.05) is 29.8 Å². The lowest BCUT2D eigenvalue weighted by Gasteiger charge is -2.09. The highest BCUT2D eigenvalue weighted by Gasteiger charge is 2.06. The van der Waals surface area contributed by atoms with Gasteiger partial charge < -0.3 is 9.88 Å². The summed E-state index contributed by atoms with van der Waals surface area (Å²) in [5.74, 6) is 0.743. The van der Waals surface area contributed by atoms with Crippen LogP contribution in [0.2, 0.25) is 5.02 Å². The highest BCUT2D eigenvalue weighted by atomic mass is 35.5. The van der Waals surface area contributed by atoms with E-state index in [0.29, 0.717) is 13.1 Å². The Labute approximate surface area is 111 Å². The predicted octanol–water partition coefficient (Wildman–Crippen LogP) is 2.22. The van der Waals surface area contributed by atoms with Gasteiger partial charge in [0.1, 0.15) is 5.82 Å². The van der Waals surface area contributed by atoms with E-state index >= 15 is 0 Å². The summed E-state index contributed by atoms with van der Waals surface area (Å²) in [5.41, 5.74) is 1.03. The second-order valence-electron chi connectivity index (χ2n) is 3.97. The van der Waals surface area contributed by atoms with Crippen molar-refractivity contribution in [2.24, 2.45) is 0 Å². The van der Waals surface area contributed by atoms with E-state index in [2.05, 4.69) is 10.3 Å². The minimum Gasteiger partial charge on any atom is -0.349 e. The van der Waals surface area contributed by atoms with Crippen molar-refractivity contribution in [2.75, 3.05) is 0 Å². The minimum atomic E-state index is -0.0673. The molecule has 18 heavy (non-hydrogen) atoms. The van der Waals surface area contributed by atoms with Gasteiger partial charge in [0.15, 0.2) is 0 Å². The molecule has 5 heteroatoms. The number of imidazole rings is 1. The molecule has 1 aromatic heterocycles. The largest absolute Gasteiger partial charge is 0.349 e. The number of nitrogens with zero attached hydrogens (tertiary/aromatic N) is 2. The zero-order valence-electron chi connectivity index (χ0n) is 10.1. The topological polar surface area (TPSA) is 46.9 Å². The maximum absolute atomic E-state index is 10.9. The van der Waals surface area contributed by atoms with E-state index in [9.17, 15) is 4.79 Å². The highest BCUT2D eigenvalue weighted by molar-refractivity contribution is 6.31. The van der Waals surface area contributed by atoms with Crippen LogP contribution in [0.4, 0.5) is 0 Å². The quantitative estimate of drug-likeness (QED) is 0.919. The van der Waals surface area contributed by atoms with E-state index < -0.39 is 0 Å². The van der Waals surface area contributed by atoms with Gasteiger partial charge in [0, 0.05) is 24.3 Å². The molecule has 0 saturated heterocycles. The second-order valence-corrected chi connectivity index (χ2v) is 4.38. The molecule has 0 bridgehead atoms. The molecule has 0 saturated carbocycles. The number of carbonyl (C=O) groups excluding carboxylic acids is 1. The average Bonchev–Trinajstić information content (AvgIpc) is 2.77. The maximum Gasteiger partial charge on any atom is 0.217 e. The number of rotatable bonds is 4. The van der Waals surface area contributed by atoms with E-state index in [4.69, 9.17) is 11.6 Å². The number of aromatic nitrogens is 2. The molecule has 4 nitrogen and oxygen atoms in total. The summed E-state index contributed by atoms with van der Waals surface area (Å²) in [6.07, 6.45) is 3.59. The first-order valence-electron chi connectivity index (χ1n) is 5.64. The molecule has 1 heterocycles. The molecular formula is C13H14ClN3O. The summed E-state index contributed by atoms with van der Waals surface area (Å²) in [7, 11) is 0. The van der Waals surface area contributed by atoms with Crippen molar-refractivity contribution in [1.29, 1.82) is 0 Å². The van der Waals surface area contributed by atoms with Gasteiger partial charge in [-0.2, -0.15) is 0 Å². The molecule has 0 unspecified atom stereocenters. The van der Waals surface area contributed by atoms with Crippen molar-refractivity contribution in [3.05, 3.63) is 53.1 Å². The van der Waals surface area contributed by atoms with Crippen molar-refractivity contribution < 1.29 is 4.79 Å². The number of hydrogen-bond donors (Lipinski definition) is 1. The van der Waals surface area contributed by atoms with Crippen molar-refractivity contribution >= 4 is 17.5 Å². The predicted molar refractivity (Wildman–Crippen MR) is 70.3 cm³/mol. The lowest BCUT2D eigenvalue weighted by molar-refractivity contribution is -0.119. The van der Waals surface area contributed by atoms with Crippen LogP contribution >= 0.6 is 11.6 Å². The van der Waals surface area contributed by atoms with Crippen LogP contribution in [0, 0.1) is 0 Å². The highest BCUT2D eigenvalue weighted by Crippen LogP contribution is 2.16. The Hall–Kier alpha value is -1.81. The molecule has 0 spiro atoms. The van der Waals surface area contributed by atoms with Crippen LogP contribution < -0.4 is 5.32 Å². The first-order valence-corrected chi connectivity index (χ1v) is 6.02. The molecule has 1 amide bonds. The fourth-order valence-corrected chi connectivity index (χ4v) is 1.86. The molecule has 1 aromatic carbocycles. The molecule has 0 aliphatic rings. The Bertz CT molecular complexity index is 551. The van der Waals surface area contributed by atoms with Crippen LogP contribution in [0.1, 0.15) is 18.3 Å². The average molecular weight is 264 g/mol. The number of hydrogen-bond acceptors (Lipinski definition) is 2. The van der Waals surface area contributed by atoms with E-state index in [0.717, 1.165) is 16.4 Å². The number of nitrogens with one attached hydrogen (secondary N) is 1. The summed E-state index contributed by atoms with van der Waals surface area (Å²) in [4.78, 5) is 15.1. The lowest BCUT2D eigenvalue weighted by Crippen LogP contribution is -2.21. The van der Waals surface area contributed by atoms with Crippen molar-refractivity contribution in [1.82, 2.24) is 14.9 Å². The van der Waals surface area contributed by atoms with Crippen LogP contribution in [0.5, 0.6) is 0 Å². The van der Waals surface area contributed by atoms with Crippen molar-refractivity contribution in [3.63, 3.8) is 0 Å². The first kappa shape index (κ1) is 12.6. The third kappa shape index (κ3) is 3.11.